The van der Waals surface area contributed by atoms with Crippen LogP contribution in [0.2, 0.25) is 0 Å². The van der Waals surface area contributed by atoms with Gasteiger partial charge in [-0.05, 0) is 30.7 Å². The van der Waals surface area contributed by atoms with E-state index in [-0.39, 0.29) is 24.6 Å². The van der Waals surface area contributed by atoms with E-state index in [4.69, 9.17) is 14.5 Å². The second-order valence-electron chi connectivity index (χ2n) is 9.71. The Morgan fingerprint density at radius 1 is 1.13 bits per heavy atom. The van der Waals surface area contributed by atoms with Crippen LogP contribution >= 0.6 is 0 Å². The summed E-state index contributed by atoms with van der Waals surface area (Å²) in [7, 11) is 1.55. The Balaban J connectivity index is 1.12. The molecule has 1 amide bonds. The van der Waals surface area contributed by atoms with E-state index < -0.39 is 6.67 Å². The number of hydrogen-bond donors (Lipinski definition) is 1. The normalized spacial score (nSPS) is 18.4. The first-order valence-corrected chi connectivity index (χ1v) is 12.7. The number of H-pyrrole nitrogens is 1. The van der Waals surface area contributed by atoms with Crippen molar-refractivity contribution in [2.45, 2.75) is 18.5 Å². The van der Waals surface area contributed by atoms with E-state index in [1.807, 2.05) is 29.3 Å². The minimum absolute atomic E-state index is 0.000364. The molecule has 1 N–H and O–H groups in total. The zero-order valence-corrected chi connectivity index (χ0v) is 21.1. The third-order valence-corrected chi connectivity index (χ3v) is 7.45. The average molecular weight is 529 g/mol. The van der Waals surface area contributed by atoms with Crippen LogP contribution in [0.5, 0.6) is 11.6 Å². The molecular formula is C27H25FN8O3. The maximum absolute atomic E-state index is 13.1. The van der Waals surface area contributed by atoms with Crippen LogP contribution in [0.15, 0.2) is 55.1 Å². The van der Waals surface area contributed by atoms with Crippen molar-refractivity contribution in [3.8, 4) is 22.8 Å². The summed E-state index contributed by atoms with van der Waals surface area (Å²) in [5.74, 6) is 1.86. The predicted molar refractivity (Wildman–Crippen MR) is 141 cm³/mol. The van der Waals surface area contributed by atoms with Crippen molar-refractivity contribution < 1.29 is 18.7 Å². The number of ether oxygens (including phenoxy) is 2. The molecule has 0 spiro atoms. The number of anilines is 1. The minimum atomic E-state index is -0.578. The van der Waals surface area contributed by atoms with Gasteiger partial charge in [0.25, 0.3) is 5.91 Å². The van der Waals surface area contributed by atoms with Crippen LogP contribution in [-0.2, 0) is 0 Å². The number of fused-ring (bicyclic) bond motifs is 5. The number of aromatic amines is 1. The number of nitrogens with zero attached hydrogens (tertiary/aromatic N) is 7. The zero-order chi connectivity index (χ0) is 26.5. The fourth-order valence-corrected chi connectivity index (χ4v) is 5.63. The number of hydrogen-bond acceptors (Lipinski definition) is 8. The molecule has 8 rings (SSSR count). The van der Waals surface area contributed by atoms with E-state index in [0.29, 0.717) is 35.9 Å². The first kappa shape index (κ1) is 23.4. The van der Waals surface area contributed by atoms with Gasteiger partial charge < -0.3 is 19.3 Å². The van der Waals surface area contributed by atoms with Crippen LogP contribution in [0.4, 0.5) is 10.2 Å². The summed E-state index contributed by atoms with van der Waals surface area (Å²) in [4.78, 5) is 26.2. The van der Waals surface area contributed by atoms with Crippen LogP contribution in [-0.4, -0.2) is 86.2 Å². The molecule has 5 aromatic heterocycles. The van der Waals surface area contributed by atoms with Gasteiger partial charge in [0.2, 0.25) is 5.88 Å². The maximum atomic E-state index is 13.1. The third kappa shape index (κ3) is 3.90. The Labute approximate surface area is 222 Å². The van der Waals surface area contributed by atoms with Gasteiger partial charge in [-0.25, -0.2) is 18.9 Å². The Kier molecular flexibility index (Phi) is 5.53. The highest BCUT2D eigenvalue weighted by molar-refractivity contribution is 6.01. The topological polar surface area (TPSA) is 114 Å². The van der Waals surface area contributed by atoms with Crippen molar-refractivity contribution in [1.82, 2.24) is 34.7 Å². The number of carbonyl (C=O) groups is 1. The average Bonchev–Trinajstić information content (AvgIpc) is 3.57. The molecule has 2 atom stereocenters. The molecule has 11 nitrogen and oxygen atoms in total. The molecule has 12 heteroatoms. The predicted octanol–water partition coefficient (Wildman–Crippen LogP) is 3.13. The van der Waals surface area contributed by atoms with E-state index in [1.165, 1.54) is 0 Å². The molecule has 3 aliphatic heterocycles. The van der Waals surface area contributed by atoms with Gasteiger partial charge in [0.15, 0.2) is 5.65 Å². The van der Waals surface area contributed by atoms with Gasteiger partial charge in [-0.15, -0.1) is 5.10 Å². The Hall–Kier alpha value is -4.74. The van der Waals surface area contributed by atoms with Crippen molar-refractivity contribution in [3.05, 3.63) is 60.7 Å². The lowest BCUT2D eigenvalue weighted by atomic mass is 9.86. The standard InChI is InChI=1S/C27H25FN8O3/c1-38-24-5-3-17(11-30-24)27(37)36-18-8-19(36)14-34(13-18)23-4-2-16(10-29-23)21-9-20(39-7-6-28)15-35-25(21)22-12-31-32-26(22)33-35/h2-5,9-12,15,18-19H,6-8,13-14H2,1H3,(H,32,33). The Bertz CT molecular complexity index is 1650. The lowest BCUT2D eigenvalue weighted by Crippen LogP contribution is -2.70. The lowest BCUT2D eigenvalue weighted by molar-refractivity contribution is 0.00572. The molecule has 3 fully saturated rings. The van der Waals surface area contributed by atoms with Crippen LogP contribution in [0.25, 0.3) is 27.7 Å². The van der Waals surface area contributed by atoms with Gasteiger partial charge >= 0.3 is 0 Å². The third-order valence-electron chi connectivity index (χ3n) is 7.45. The minimum Gasteiger partial charge on any atom is -0.489 e. The molecule has 5 aromatic rings. The molecule has 2 unspecified atom stereocenters. The highest BCUT2D eigenvalue weighted by atomic mass is 19.1. The summed E-state index contributed by atoms with van der Waals surface area (Å²) in [5.41, 5.74) is 3.82. The molecule has 39 heavy (non-hydrogen) atoms. The molecule has 8 heterocycles. The molecule has 0 aromatic carbocycles. The quantitative estimate of drug-likeness (QED) is 0.343. The lowest BCUT2D eigenvalue weighted by Gasteiger charge is -2.56. The summed E-state index contributed by atoms with van der Waals surface area (Å²) >= 11 is 0. The number of halogens is 1. The summed E-state index contributed by atoms with van der Waals surface area (Å²) in [5, 5.41) is 12.4. The van der Waals surface area contributed by atoms with E-state index in [1.54, 1.807) is 42.3 Å². The molecule has 198 valence electrons. The highest BCUT2D eigenvalue weighted by Gasteiger charge is 2.47. The summed E-state index contributed by atoms with van der Waals surface area (Å²) in [6.45, 7) is 0.820. The van der Waals surface area contributed by atoms with E-state index in [0.717, 1.165) is 34.3 Å². The second kappa shape index (κ2) is 9.22. The second-order valence-corrected chi connectivity index (χ2v) is 9.71. The number of carbonyl (C=O) groups excluding carboxylic acids is 1. The van der Waals surface area contributed by atoms with Crippen molar-refractivity contribution in [2.24, 2.45) is 0 Å². The number of rotatable bonds is 7. The summed E-state index contributed by atoms with van der Waals surface area (Å²) < 4.78 is 25.2. The molecular weight excluding hydrogens is 503 g/mol. The van der Waals surface area contributed by atoms with E-state index in [9.17, 15) is 9.18 Å². The fourth-order valence-electron chi connectivity index (χ4n) is 5.63. The number of alkyl halides is 1. The van der Waals surface area contributed by atoms with Gasteiger partial charge in [-0.1, -0.05) is 0 Å². The number of nitrogens with one attached hydrogen (secondary N) is 1. The Morgan fingerprint density at radius 3 is 2.72 bits per heavy atom. The molecule has 0 aliphatic carbocycles. The number of methoxy groups -OCH3 is 1. The molecule has 3 aliphatic rings. The number of amides is 1. The molecule has 0 radical (unpaired) electrons. The monoisotopic (exact) mass is 528 g/mol. The first-order valence-electron chi connectivity index (χ1n) is 12.7. The SMILES string of the molecule is COc1ccc(C(=O)N2C3CC2CN(c2ccc(-c4cc(OCCF)cn5nc6[nH]ncc6c45)cn2)C3)cn1. The fraction of sp³-hybridized carbons (Fsp3) is 0.296. The maximum Gasteiger partial charge on any atom is 0.256 e. The van der Waals surface area contributed by atoms with Crippen molar-refractivity contribution in [2.75, 3.05) is 38.4 Å². The summed E-state index contributed by atoms with van der Waals surface area (Å²) in [6, 6.07) is 9.61. The smallest absolute Gasteiger partial charge is 0.256 e. The van der Waals surface area contributed by atoms with Crippen LogP contribution < -0.4 is 14.4 Å². The van der Waals surface area contributed by atoms with Crippen molar-refractivity contribution in [3.63, 3.8) is 0 Å². The molecule has 3 saturated heterocycles. The molecule has 2 bridgehead atoms. The van der Waals surface area contributed by atoms with Gasteiger partial charge in [0, 0.05) is 42.7 Å². The van der Waals surface area contributed by atoms with Crippen LogP contribution in [0, 0.1) is 0 Å². The zero-order valence-electron chi connectivity index (χ0n) is 21.1. The Morgan fingerprint density at radius 2 is 2.00 bits per heavy atom. The van der Waals surface area contributed by atoms with Gasteiger partial charge in [0.1, 0.15) is 24.8 Å². The molecule has 0 saturated carbocycles. The van der Waals surface area contributed by atoms with Crippen LogP contribution in [0.3, 0.4) is 0 Å². The summed E-state index contributed by atoms with van der Waals surface area (Å²) in [6.07, 6.45) is 7.85. The number of piperazine rings is 1. The van der Waals surface area contributed by atoms with Crippen molar-refractivity contribution >= 4 is 28.3 Å². The number of pyridine rings is 3. The van der Waals surface area contributed by atoms with Crippen LogP contribution in [0.1, 0.15) is 16.8 Å². The van der Waals surface area contributed by atoms with Gasteiger partial charge in [-0.2, -0.15) is 5.10 Å². The number of aromatic nitrogens is 6. The highest BCUT2D eigenvalue weighted by Crippen LogP contribution is 2.37. The van der Waals surface area contributed by atoms with E-state index in [2.05, 4.69) is 25.2 Å². The van der Waals surface area contributed by atoms with Gasteiger partial charge in [0.05, 0.1) is 48.1 Å². The van der Waals surface area contributed by atoms with Gasteiger partial charge in [-0.3, -0.25) is 9.89 Å². The van der Waals surface area contributed by atoms with Crippen molar-refractivity contribution in [1.29, 1.82) is 0 Å². The first-order chi connectivity index (χ1) is 19.1. The largest absolute Gasteiger partial charge is 0.489 e. The van der Waals surface area contributed by atoms with E-state index >= 15 is 0 Å². The number of piperidine rings is 1.